The first-order chi connectivity index (χ1) is 7.80. The highest BCUT2D eigenvalue weighted by atomic mass is 14.7. The van der Waals surface area contributed by atoms with Gasteiger partial charge in [-0.3, -0.25) is 0 Å². The molecule has 2 saturated carbocycles. The molecule has 0 heterocycles. The molecular weight excluding hydrogens is 206 g/mol. The van der Waals surface area contributed by atoms with Gasteiger partial charge in [0.15, 0.2) is 0 Å². The van der Waals surface area contributed by atoms with Gasteiger partial charge in [0.05, 0.1) is 0 Å². The molecule has 0 amide bonds. The molecule has 2 aliphatic carbocycles. The summed E-state index contributed by atoms with van der Waals surface area (Å²) < 4.78 is 0. The van der Waals surface area contributed by atoms with Crippen molar-refractivity contribution < 1.29 is 0 Å². The quantitative estimate of drug-likeness (QED) is 0.780. The van der Waals surface area contributed by atoms with Crippen molar-refractivity contribution in [2.75, 3.05) is 0 Å². The molecular formula is C16H25N. The molecule has 1 aromatic carbocycles. The van der Waals surface area contributed by atoms with Gasteiger partial charge in [0.1, 0.15) is 0 Å². The predicted molar refractivity (Wildman–Crippen MR) is 74.0 cm³/mol. The van der Waals surface area contributed by atoms with Crippen molar-refractivity contribution in [1.82, 2.24) is 0 Å². The van der Waals surface area contributed by atoms with E-state index in [2.05, 4.69) is 30.3 Å². The van der Waals surface area contributed by atoms with Crippen LogP contribution in [0.2, 0.25) is 0 Å². The molecule has 17 heavy (non-hydrogen) atoms. The summed E-state index contributed by atoms with van der Waals surface area (Å²) in [6.45, 7) is 0. The Morgan fingerprint density at radius 3 is 2.59 bits per heavy atom. The number of hydrogen-bond acceptors (Lipinski definition) is 1. The van der Waals surface area contributed by atoms with Crippen LogP contribution in [0.15, 0.2) is 30.3 Å². The summed E-state index contributed by atoms with van der Waals surface area (Å²) in [7, 11) is 0. The van der Waals surface area contributed by atoms with Crippen LogP contribution in [0.1, 0.15) is 51.5 Å². The van der Waals surface area contributed by atoms with E-state index in [1.165, 1.54) is 38.5 Å². The van der Waals surface area contributed by atoms with Crippen molar-refractivity contribution in [3.05, 3.63) is 35.9 Å². The Bertz CT molecular complexity index is 359. The first kappa shape index (κ1) is 12.6. The molecule has 0 spiro atoms. The largest absolute Gasteiger partial charge is 0.327 e. The van der Waals surface area contributed by atoms with E-state index in [1.54, 1.807) is 5.56 Å². The summed E-state index contributed by atoms with van der Waals surface area (Å²) in [4.78, 5) is 0. The maximum absolute atomic E-state index is 6.22. The fourth-order valence-corrected chi connectivity index (χ4v) is 3.88. The molecule has 2 bridgehead atoms. The molecule has 2 fully saturated rings. The van der Waals surface area contributed by atoms with Crippen molar-refractivity contribution >= 4 is 0 Å². The van der Waals surface area contributed by atoms with Gasteiger partial charge in [-0.2, -0.15) is 0 Å². The molecule has 2 N–H and O–H groups in total. The van der Waals surface area contributed by atoms with Crippen LogP contribution in [0.4, 0.5) is 0 Å². The van der Waals surface area contributed by atoms with Crippen LogP contribution in [0.5, 0.6) is 0 Å². The normalized spacial score (nSPS) is 36.1. The number of nitrogens with two attached hydrogens (primary N) is 1. The van der Waals surface area contributed by atoms with Crippen LogP contribution in [0, 0.1) is 5.92 Å². The van der Waals surface area contributed by atoms with Crippen LogP contribution < -0.4 is 5.73 Å². The summed E-state index contributed by atoms with van der Waals surface area (Å²) in [5, 5.41) is 0. The minimum atomic E-state index is 0. The van der Waals surface area contributed by atoms with E-state index in [-0.39, 0.29) is 7.43 Å². The van der Waals surface area contributed by atoms with E-state index >= 15 is 0 Å². The zero-order valence-corrected chi connectivity index (χ0v) is 9.86. The number of fused-ring (bicyclic) bond motifs is 2. The zero-order chi connectivity index (χ0) is 11.0. The molecule has 94 valence electrons. The third-order valence-electron chi connectivity index (χ3n) is 4.83. The standard InChI is InChI=1S/C15H21N.CH4/c16-14-8-10-15(9-4-5-12(14)11-15)13-6-2-1-3-7-13;/h1-3,6-7,12,14H,4-5,8-11,16H2;1H4. The Labute approximate surface area is 105 Å². The molecule has 0 aromatic heterocycles. The van der Waals surface area contributed by atoms with Crippen LogP contribution in [-0.4, -0.2) is 6.04 Å². The lowest BCUT2D eigenvalue weighted by Gasteiger charge is -2.48. The molecule has 0 radical (unpaired) electrons. The average Bonchev–Trinajstić information content (AvgIpc) is 2.36. The molecule has 1 nitrogen and oxygen atoms in total. The topological polar surface area (TPSA) is 26.0 Å². The zero-order valence-electron chi connectivity index (χ0n) is 9.86. The molecule has 3 unspecified atom stereocenters. The van der Waals surface area contributed by atoms with Crippen molar-refractivity contribution in [2.24, 2.45) is 11.7 Å². The van der Waals surface area contributed by atoms with E-state index in [0.29, 0.717) is 11.5 Å². The lowest BCUT2D eigenvalue weighted by atomic mass is 9.58. The van der Waals surface area contributed by atoms with E-state index in [9.17, 15) is 0 Å². The van der Waals surface area contributed by atoms with Gasteiger partial charge in [-0.15, -0.1) is 0 Å². The maximum Gasteiger partial charge on any atom is 0.00678 e. The third-order valence-corrected chi connectivity index (χ3v) is 4.83. The van der Waals surface area contributed by atoms with Gasteiger partial charge in [-0.25, -0.2) is 0 Å². The molecule has 0 aliphatic heterocycles. The Kier molecular flexibility index (Phi) is 3.58. The first-order valence-electron chi connectivity index (χ1n) is 6.61. The van der Waals surface area contributed by atoms with Gasteiger partial charge >= 0.3 is 0 Å². The molecule has 0 saturated heterocycles. The molecule has 3 atom stereocenters. The van der Waals surface area contributed by atoms with Crippen molar-refractivity contribution in [3.63, 3.8) is 0 Å². The van der Waals surface area contributed by atoms with Gasteiger partial charge in [-0.1, -0.05) is 44.2 Å². The van der Waals surface area contributed by atoms with Crippen molar-refractivity contribution in [2.45, 2.75) is 57.4 Å². The Balaban J connectivity index is 0.00000108. The fraction of sp³-hybridized carbons (Fsp3) is 0.625. The lowest BCUT2D eigenvalue weighted by Crippen LogP contribution is -2.46. The lowest BCUT2D eigenvalue weighted by molar-refractivity contribution is 0.129. The Hall–Kier alpha value is -0.820. The van der Waals surface area contributed by atoms with Crippen LogP contribution in [-0.2, 0) is 5.41 Å². The Morgan fingerprint density at radius 2 is 1.82 bits per heavy atom. The molecule has 3 rings (SSSR count). The van der Waals surface area contributed by atoms with Gasteiger partial charge in [0.2, 0.25) is 0 Å². The van der Waals surface area contributed by atoms with Gasteiger partial charge < -0.3 is 5.73 Å². The minimum absolute atomic E-state index is 0. The molecule has 1 heteroatoms. The number of hydrogen-bond donors (Lipinski definition) is 1. The minimum Gasteiger partial charge on any atom is -0.327 e. The van der Waals surface area contributed by atoms with Crippen molar-refractivity contribution in [1.29, 1.82) is 0 Å². The average molecular weight is 231 g/mol. The highest BCUT2D eigenvalue weighted by Crippen LogP contribution is 2.49. The van der Waals surface area contributed by atoms with Crippen molar-refractivity contribution in [3.8, 4) is 0 Å². The second-order valence-electron chi connectivity index (χ2n) is 5.71. The van der Waals surface area contributed by atoms with Crippen LogP contribution >= 0.6 is 0 Å². The summed E-state index contributed by atoms with van der Waals surface area (Å²) in [6, 6.07) is 11.6. The van der Waals surface area contributed by atoms with E-state index in [4.69, 9.17) is 5.73 Å². The Morgan fingerprint density at radius 1 is 1.06 bits per heavy atom. The summed E-state index contributed by atoms with van der Waals surface area (Å²) in [5.41, 5.74) is 8.26. The summed E-state index contributed by atoms with van der Waals surface area (Å²) in [6.07, 6.45) is 7.95. The third kappa shape index (κ3) is 2.13. The van der Waals surface area contributed by atoms with E-state index in [1.807, 2.05) is 0 Å². The highest BCUT2D eigenvalue weighted by molar-refractivity contribution is 5.27. The second-order valence-corrected chi connectivity index (χ2v) is 5.71. The predicted octanol–water partition coefficient (Wildman–Crippen LogP) is 3.87. The van der Waals surface area contributed by atoms with E-state index in [0.717, 1.165) is 5.92 Å². The maximum atomic E-state index is 6.22. The molecule has 1 aromatic rings. The monoisotopic (exact) mass is 231 g/mol. The van der Waals surface area contributed by atoms with Crippen LogP contribution in [0.3, 0.4) is 0 Å². The number of rotatable bonds is 1. The van der Waals surface area contributed by atoms with Crippen LogP contribution in [0.25, 0.3) is 0 Å². The first-order valence-corrected chi connectivity index (χ1v) is 6.61. The van der Waals surface area contributed by atoms with Gasteiger partial charge in [0, 0.05) is 6.04 Å². The fourth-order valence-electron chi connectivity index (χ4n) is 3.88. The highest BCUT2D eigenvalue weighted by Gasteiger charge is 2.43. The summed E-state index contributed by atoms with van der Waals surface area (Å²) >= 11 is 0. The van der Waals surface area contributed by atoms with Gasteiger partial charge in [-0.05, 0) is 49.0 Å². The van der Waals surface area contributed by atoms with E-state index < -0.39 is 0 Å². The van der Waals surface area contributed by atoms with Gasteiger partial charge in [0.25, 0.3) is 0 Å². The number of benzene rings is 1. The smallest absolute Gasteiger partial charge is 0.00678 e. The molecule has 2 aliphatic rings. The SMILES string of the molecule is C.NC1CCC2(c3ccccc3)CCCC1C2. The second kappa shape index (κ2) is 4.81. The summed E-state index contributed by atoms with van der Waals surface area (Å²) in [5.74, 6) is 0.780.